The first-order valence-corrected chi connectivity index (χ1v) is 6.67. The second-order valence-electron chi connectivity index (χ2n) is 5.03. The first kappa shape index (κ1) is 14.6. The maximum atomic E-state index is 13.2. The highest BCUT2D eigenvalue weighted by atomic mass is 19.1. The van der Waals surface area contributed by atoms with Crippen LogP contribution in [0, 0.1) is 12.7 Å². The maximum absolute atomic E-state index is 13.2. The molecule has 0 saturated heterocycles. The van der Waals surface area contributed by atoms with Crippen LogP contribution in [-0.4, -0.2) is 23.5 Å². The minimum Gasteiger partial charge on any atom is -0.329 e. The van der Waals surface area contributed by atoms with Gasteiger partial charge in [-0.1, -0.05) is 12.1 Å². The molecule has 0 aliphatic heterocycles. The van der Waals surface area contributed by atoms with E-state index in [1.54, 1.807) is 18.3 Å². The van der Waals surface area contributed by atoms with Crippen molar-refractivity contribution >= 4 is 0 Å². The zero-order valence-electron chi connectivity index (χ0n) is 11.9. The monoisotopic (exact) mass is 273 g/mol. The van der Waals surface area contributed by atoms with Crippen LogP contribution in [0.3, 0.4) is 0 Å². The van der Waals surface area contributed by atoms with Crippen LogP contribution in [0.4, 0.5) is 4.39 Å². The quantitative estimate of drug-likeness (QED) is 0.910. The van der Waals surface area contributed by atoms with Gasteiger partial charge in [0.05, 0.1) is 0 Å². The topological polar surface area (TPSA) is 42.1 Å². The number of pyridine rings is 1. The van der Waals surface area contributed by atoms with E-state index in [1.165, 1.54) is 11.6 Å². The predicted molar refractivity (Wildman–Crippen MR) is 78.6 cm³/mol. The Balaban J connectivity index is 2.18. The van der Waals surface area contributed by atoms with Crippen molar-refractivity contribution in [2.45, 2.75) is 19.5 Å². The lowest BCUT2D eigenvalue weighted by Gasteiger charge is -2.28. The summed E-state index contributed by atoms with van der Waals surface area (Å²) in [5, 5.41) is 0. The Labute approximate surface area is 119 Å². The third-order valence-electron chi connectivity index (χ3n) is 3.51. The molecule has 106 valence electrons. The summed E-state index contributed by atoms with van der Waals surface area (Å²) in [4.78, 5) is 6.30. The number of hydrogen-bond donors (Lipinski definition) is 1. The van der Waals surface area contributed by atoms with Crippen molar-refractivity contribution in [3.05, 3.63) is 65.2 Å². The number of nitrogens with zero attached hydrogens (tertiary/aromatic N) is 2. The van der Waals surface area contributed by atoms with Crippen molar-refractivity contribution in [2.24, 2.45) is 5.73 Å². The molecule has 0 spiro atoms. The lowest BCUT2D eigenvalue weighted by molar-refractivity contribution is 0.240. The van der Waals surface area contributed by atoms with Crippen LogP contribution in [0.1, 0.15) is 22.7 Å². The van der Waals surface area contributed by atoms with E-state index in [-0.39, 0.29) is 11.9 Å². The Morgan fingerprint density at radius 3 is 2.80 bits per heavy atom. The van der Waals surface area contributed by atoms with Gasteiger partial charge < -0.3 is 5.73 Å². The Bertz CT molecular complexity index is 571. The molecule has 1 aromatic heterocycles. The Morgan fingerprint density at radius 1 is 1.35 bits per heavy atom. The van der Waals surface area contributed by atoms with Crippen LogP contribution in [0.5, 0.6) is 0 Å². The third-order valence-corrected chi connectivity index (χ3v) is 3.51. The van der Waals surface area contributed by atoms with Crippen LogP contribution in [0.25, 0.3) is 0 Å². The lowest BCUT2D eigenvalue weighted by Crippen LogP contribution is -2.30. The number of likely N-dealkylation sites (N-methyl/N-ethyl adjacent to an activating group) is 1. The smallest absolute Gasteiger partial charge is 0.123 e. The van der Waals surface area contributed by atoms with E-state index in [1.807, 2.05) is 25.4 Å². The molecule has 0 aliphatic carbocycles. The molecule has 1 heterocycles. The number of aromatic nitrogens is 1. The van der Waals surface area contributed by atoms with Crippen molar-refractivity contribution < 1.29 is 4.39 Å². The average molecular weight is 273 g/mol. The molecule has 20 heavy (non-hydrogen) atoms. The van der Waals surface area contributed by atoms with E-state index in [0.29, 0.717) is 13.1 Å². The van der Waals surface area contributed by atoms with E-state index >= 15 is 0 Å². The van der Waals surface area contributed by atoms with Crippen molar-refractivity contribution in [3.63, 3.8) is 0 Å². The molecule has 1 atom stereocenters. The van der Waals surface area contributed by atoms with E-state index in [2.05, 4.69) is 16.8 Å². The van der Waals surface area contributed by atoms with Gasteiger partial charge in [0.25, 0.3) is 0 Å². The van der Waals surface area contributed by atoms with Gasteiger partial charge in [-0.3, -0.25) is 9.88 Å². The zero-order valence-corrected chi connectivity index (χ0v) is 11.9. The summed E-state index contributed by atoms with van der Waals surface area (Å²) in [6.45, 7) is 3.20. The number of aryl methyl sites for hydroxylation is 1. The molecule has 1 aromatic carbocycles. The molecule has 1 unspecified atom stereocenters. The van der Waals surface area contributed by atoms with Gasteiger partial charge in [-0.25, -0.2) is 4.39 Å². The second-order valence-corrected chi connectivity index (χ2v) is 5.03. The van der Waals surface area contributed by atoms with E-state index in [0.717, 1.165) is 11.1 Å². The summed E-state index contributed by atoms with van der Waals surface area (Å²) in [7, 11) is 1.99. The molecule has 0 fully saturated rings. The number of halogens is 1. The van der Waals surface area contributed by atoms with Crippen molar-refractivity contribution in [3.8, 4) is 0 Å². The van der Waals surface area contributed by atoms with Gasteiger partial charge in [0.2, 0.25) is 0 Å². The van der Waals surface area contributed by atoms with Gasteiger partial charge >= 0.3 is 0 Å². The van der Waals surface area contributed by atoms with Crippen LogP contribution in [0.15, 0.2) is 42.7 Å². The van der Waals surface area contributed by atoms with Gasteiger partial charge in [0, 0.05) is 31.5 Å². The van der Waals surface area contributed by atoms with E-state index in [4.69, 9.17) is 5.73 Å². The maximum Gasteiger partial charge on any atom is 0.123 e. The van der Waals surface area contributed by atoms with E-state index < -0.39 is 0 Å². The molecule has 0 aliphatic rings. The molecular formula is C16H20FN3. The molecule has 2 aromatic rings. The van der Waals surface area contributed by atoms with Crippen LogP contribution in [-0.2, 0) is 6.54 Å². The van der Waals surface area contributed by atoms with Crippen LogP contribution < -0.4 is 5.73 Å². The molecule has 0 amide bonds. The summed E-state index contributed by atoms with van der Waals surface area (Å²) < 4.78 is 13.2. The first-order valence-electron chi connectivity index (χ1n) is 6.67. The predicted octanol–water partition coefficient (Wildman–Crippen LogP) is 2.66. The molecular weight excluding hydrogens is 253 g/mol. The molecule has 0 radical (unpaired) electrons. The van der Waals surface area contributed by atoms with Gasteiger partial charge in [-0.15, -0.1) is 0 Å². The summed E-state index contributed by atoms with van der Waals surface area (Å²) in [6.07, 6.45) is 3.63. The van der Waals surface area contributed by atoms with Gasteiger partial charge in [-0.2, -0.15) is 0 Å². The summed E-state index contributed by atoms with van der Waals surface area (Å²) in [6, 6.07) is 8.71. The lowest BCUT2D eigenvalue weighted by atomic mass is 10.0. The highest BCUT2D eigenvalue weighted by Crippen LogP contribution is 2.22. The van der Waals surface area contributed by atoms with Crippen LogP contribution >= 0.6 is 0 Å². The molecule has 0 bridgehead atoms. The largest absolute Gasteiger partial charge is 0.329 e. The normalized spacial score (nSPS) is 12.7. The minimum atomic E-state index is -0.210. The molecule has 4 heteroatoms. The highest BCUT2D eigenvalue weighted by molar-refractivity contribution is 5.26. The Kier molecular flexibility index (Phi) is 4.82. The number of hydrogen-bond acceptors (Lipinski definition) is 3. The summed E-state index contributed by atoms with van der Waals surface area (Å²) in [5.74, 6) is -0.210. The fourth-order valence-corrected chi connectivity index (χ4v) is 2.40. The number of nitrogens with two attached hydrogens (primary N) is 1. The zero-order chi connectivity index (χ0) is 14.5. The summed E-state index contributed by atoms with van der Waals surface area (Å²) in [5.41, 5.74) is 9.14. The van der Waals surface area contributed by atoms with E-state index in [9.17, 15) is 4.39 Å². The molecule has 3 nitrogen and oxygen atoms in total. The molecule has 2 rings (SSSR count). The average Bonchev–Trinajstić information content (AvgIpc) is 2.41. The van der Waals surface area contributed by atoms with Crippen molar-refractivity contribution in [1.82, 2.24) is 9.88 Å². The fraction of sp³-hybridized carbons (Fsp3) is 0.312. The van der Waals surface area contributed by atoms with Crippen molar-refractivity contribution in [1.29, 1.82) is 0 Å². The fourth-order valence-electron chi connectivity index (χ4n) is 2.40. The first-order chi connectivity index (χ1) is 9.61. The summed E-state index contributed by atoms with van der Waals surface area (Å²) >= 11 is 0. The highest BCUT2D eigenvalue weighted by Gasteiger charge is 2.17. The number of benzene rings is 1. The standard InChI is InChI=1S/C16H20FN3/c1-12-6-7-19-10-15(12)16(9-18)20(2)11-13-4-3-5-14(17)8-13/h3-8,10,16H,9,11,18H2,1-2H3. The minimum absolute atomic E-state index is 0.0759. The third kappa shape index (κ3) is 3.40. The Hall–Kier alpha value is -1.78. The van der Waals surface area contributed by atoms with Crippen molar-refractivity contribution in [2.75, 3.05) is 13.6 Å². The van der Waals surface area contributed by atoms with Crippen LogP contribution in [0.2, 0.25) is 0 Å². The second kappa shape index (κ2) is 6.59. The van der Waals surface area contributed by atoms with Gasteiger partial charge in [0.15, 0.2) is 0 Å². The number of rotatable bonds is 5. The Morgan fingerprint density at radius 2 is 2.15 bits per heavy atom. The van der Waals surface area contributed by atoms with Gasteiger partial charge in [0.1, 0.15) is 5.82 Å². The van der Waals surface area contributed by atoms with Gasteiger partial charge in [-0.05, 0) is 48.9 Å². The molecule has 2 N–H and O–H groups in total. The molecule has 0 saturated carbocycles. The SMILES string of the molecule is Cc1ccncc1C(CN)N(C)Cc1cccc(F)c1.